The minimum absolute atomic E-state index is 0.542. The van der Waals surface area contributed by atoms with Gasteiger partial charge in [0.2, 0.25) is 0 Å². The van der Waals surface area contributed by atoms with Crippen molar-refractivity contribution in [3.05, 3.63) is 24.0 Å². The van der Waals surface area contributed by atoms with Crippen LogP contribution in [0.4, 0.5) is 0 Å². The first-order valence-electron chi connectivity index (χ1n) is 8.01. The van der Waals surface area contributed by atoms with Gasteiger partial charge in [-0.15, -0.1) is 0 Å². The van der Waals surface area contributed by atoms with Crippen molar-refractivity contribution in [1.29, 1.82) is 0 Å². The van der Waals surface area contributed by atoms with Gasteiger partial charge in [0, 0.05) is 52.2 Å². The second-order valence-corrected chi connectivity index (χ2v) is 5.87. The summed E-state index contributed by atoms with van der Waals surface area (Å²) < 4.78 is 2.07. The molecule has 1 aromatic heterocycles. The third-order valence-corrected chi connectivity index (χ3v) is 4.05. The normalized spacial score (nSPS) is 18.0. The number of aliphatic imine (C=N–C) groups is 1. The number of hydrogen-bond donors (Lipinski definition) is 2. The lowest BCUT2D eigenvalue weighted by molar-refractivity contribution is 0.206. The van der Waals surface area contributed by atoms with Crippen molar-refractivity contribution < 1.29 is 0 Å². The molecule has 2 rings (SSSR count). The molecule has 0 radical (unpaired) electrons. The van der Waals surface area contributed by atoms with Crippen molar-refractivity contribution in [3.8, 4) is 0 Å². The minimum atomic E-state index is 0.542. The van der Waals surface area contributed by atoms with Crippen LogP contribution in [-0.4, -0.2) is 48.2 Å². The highest BCUT2D eigenvalue weighted by atomic mass is 15.2. The molecule has 0 aromatic carbocycles. The molecular weight excluding hydrogens is 262 g/mol. The van der Waals surface area contributed by atoms with Crippen molar-refractivity contribution in [3.63, 3.8) is 0 Å². The Morgan fingerprint density at radius 2 is 2.14 bits per heavy atom. The molecule has 5 nitrogen and oxygen atoms in total. The summed E-state index contributed by atoms with van der Waals surface area (Å²) in [4.78, 5) is 6.89. The van der Waals surface area contributed by atoms with Gasteiger partial charge in [-0.1, -0.05) is 6.92 Å². The average molecular weight is 291 g/mol. The largest absolute Gasteiger partial charge is 0.357 e. The third kappa shape index (κ3) is 5.08. The fourth-order valence-electron chi connectivity index (χ4n) is 2.86. The number of likely N-dealkylation sites (tertiary alicyclic amines) is 1. The number of nitrogens with zero attached hydrogens (tertiary/aromatic N) is 3. The Bertz CT molecular complexity index is 443. The smallest absolute Gasteiger partial charge is 0.191 e. The molecular formula is C16H29N5. The highest BCUT2D eigenvalue weighted by Crippen LogP contribution is 2.10. The lowest BCUT2D eigenvalue weighted by atomic mass is 10.1. The van der Waals surface area contributed by atoms with E-state index in [4.69, 9.17) is 0 Å². The summed E-state index contributed by atoms with van der Waals surface area (Å²) >= 11 is 0. The summed E-state index contributed by atoms with van der Waals surface area (Å²) in [5.74, 6) is 0.910. The van der Waals surface area contributed by atoms with Crippen LogP contribution in [-0.2, 0) is 13.6 Å². The number of aromatic nitrogens is 1. The van der Waals surface area contributed by atoms with E-state index in [0.29, 0.717) is 6.04 Å². The molecule has 2 heterocycles. The second-order valence-electron chi connectivity index (χ2n) is 5.87. The van der Waals surface area contributed by atoms with Gasteiger partial charge in [-0.2, -0.15) is 0 Å². The summed E-state index contributed by atoms with van der Waals surface area (Å²) in [6.07, 6.45) is 7.84. The van der Waals surface area contributed by atoms with E-state index < -0.39 is 0 Å². The minimum Gasteiger partial charge on any atom is -0.357 e. The molecule has 0 amide bonds. The predicted octanol–water partition coefficient (Wildman–Crippen LogP) is 1.56. The molecule has 0 atom stereocenters. The number of hydrogen-bond acceptors (Lipinski definition) is 2. The Balaban J connectivity index is 1.73. The van der Waals surface area contributed by atoms with Crippen LogP contribution in [0.1, 0.15) is 31.7 Å². The van der Waals surface area contributed by atoms with Crippen molar-refractivity contribution >= 4 is 5.96 Å². The van der Waals surface area contributed by atoms with Crippen LogP contribution in [0.25, 0.3) is 0 Å². The maximum Gasteiger partial charge on any atom is 0.191 e. The number of nitrogens with one attached hydrogen (secondary N) is 2. The van der Waals surface area contributed by atoms with Crippen LogP contribution in [0.3, 0.4) is 0 Å². The van der Waals surface area contributed by atoms with Crippen LogP contribution in [0, 0.1) is 0 Å². The molecule has 0 bridgehead atoms. The maximum atomic E-state index is 4.33. The van der Waals surface area contributed by atoms with E-state index in [9.17, 15) is 0 Å². The zero-order valence-electron chi connectivity index (χ0n) is 13.6. The molecule has 0 aliphatic carbocycles. The molecule has 1 aliphatic rings. The SMILES string of the molecule is CCCN1CCC(NC(=NC)NCc2ccn(C)c2)CC1. The molecule has 21 heavy (non-hydrogen) atoms. The molecule has 118 valence electrons. The molecule has 0 spiro atoms. The van der Waals surface area contributed by atoms with E-state index in [1.165, 1.54) is 44.5 Å². The van der Waals surface area contributed by atoms with Gasteiger partial charge in [-0.3, -0.25) is 4.99 Å². The van der Waals surface area contributed by atoms with Gasteiger partial charge in [-0.25, -0.2) is 0 Å². The second kappa shape index (κ2) is 8.08. The Morgan fingerprint density at radius 1 is 1.38 bits per heavy atom. The van der Waals surface area contributed by atoms with Gasteiger partial charge in [0.05, 0.1) is 0 Å². The summed E-state index contributed by atoms with van der Waals surface area (Å²) in [5, 5.41) is 6.95. The molecule has 1 aliphatic heterocycles. The third-order valence-electron chi connectivity index (χ3n) is 4.05. The molecule has 1 aromatic rings. The number of rotatable bonds is 5. The highest BCUT2D eigenvalue weighted by molar-refractivity contribution is 5.79. The van der Waals surface area contributed by atoms with Crippen LogP contribution in [0.5, 0.6) is 0 Å². The Kier molecular flexibility index (Phi) is 6.11. The summed E-state index contributed by atoms with van der Waals surface area (Å²) in [7, 11) is 3.88. The van der Waals surface area contributed by atoms with E-state index in [2.05, 4.69) is 50.5 Å². The molecule has 0 saturated carbocycles. The van der Waals surface area contributed by atoms with Gasteiger partial charge in [0.25, 0.3) is 0 Å². The first-order valence-corrected chi connectivity index (χ1v) is 8.01. The predicted molar refractivity (Wildman–Crippen MR) is 88.5 cm³/mol. The fraction of sp³-hybridized carbons (Fsp3) is 0.688. The van der Waals surface area contributed by atoms with E-state index in [0.717, 1.165) is 12.5 Å². The zero-order chi connectivity index (χ0) is 15.1. The lowest BCUT2D eigenvalue weighted by Gasteiger charge is -2.32. The highest BCUT2D eigenvalue weighted by Gasteiger charge is 2.19. The van der Waals surface area contributed by atoms with Crippen molar-refractivity contribution in [1.82, 2.24) is 20.1 Å². The van der Waals surface area contributed by atoms with Gasteiger partial charge >= 0.3 is 0 Å². The first-order chi connectivity index (χ1) is 10.2. The van der Waals surface area contributed by atoms with Gasteiger partial charge < -0.3 is 20.1 Å². The summed E-state index contributed by atoms with van der Waals surface area (Å²) in [6.45, 7) is 6.69. The maximum absolute atomic E-state index is 4.33. The van der Waals surface area contributed by atoms with E-state index in [1.807, 2.05) is 14.1 Å². The molecule has 1 saturated heterocycles. The summed E-state index contributed by atoms with van der Waals surface area (Å²) in [6, 6.07) is 2.67. The van der Waals surface area contributed by atoms with E-state index >= 15 is 0 Å². The van der Waals surface area contributed by atoms with E-state index in [1.54, 1.807) is 0 Å². The van der Waals surface area contributed by atoms with Gasteiger partial charge in [0.15, 0.2) is 5.96 Å². The van der Waals surface area contributed by atoms with Crippen LogP contribution in [0.15, 0.2) is 23.5 Å². The zero-order valence-corrected chi connectivity index (χ0v) is 13.6. The summed E-state index contributed by atoms with van der Waals surface area (Å²) in [5.41, 5.74) is 1.28. The van der Waals surface area contributed by atoms with Crippen molar-refractivity contribution in [2.45, 2.75) is 38.8 Å². The molecule has 5 heteroatoms. The van der Waals surface area contributed by atoms with Crippen LogP contribution in [0.2, 0.25) is 0 Å². The van der Waals surface area contributed by atoms with Crippen molar-refractivity contribution in [2.24, 2.45) is 12.0 Å². The Hall–Kier alpha value is -1.49. The average Bonchev–Trinajstić information content (AvgIpc) is 2.91. The molecule has 2 N–H and O–H groups in total. The molecule has 1 fully saturated rings. The van der Waals surface area contributed by atoms with Gasteiger partial charge in [-0.05, 0) is 37.4 Å². The topological polar surface area (TPSA) is 44.6 Å². The first kappa shape index (κ1) is 15.9. The van der Waals surface area contributed by atoms with Crippen LogP contribution < -0.4 is 10.6 Å². The van der Waals surface area contributed by atoms with Crippen molar-refractivity contribution in [2.75, 3.05) is 26.7 Å². The number of aryl methyl sites for hydroxylation is 1. The fourth-order valence-corrected chi connectivity index (χ4v) is 2.86. The Morgan fingerprint density at radius 3 is 2.71 bits per heavy atom. The standard InChI is InChI=1S/C16H29N5/c1-4-8-21-10-6-15(7-11-21)19-16(17-2)18-12-14-5-9-20(3)13-14/h5,9,13,15H,4,6-8,10-12H2,1-3H3,(H2,17,18,19). The van der Waals surface area contributed by atoms with Crippen LogP contribution >= 0.6 is 0 Å². The quantitative estimate of drug-likeness (QED) is 0.639. The number of guanidine groups is 1. The monoisotopic (exact) mass is 291 g/mol. The van der Waals surface area contributed by atoms with E-state index in [-0.39, 0.29) is 0 Å². The Labute approximate surface area is 128 Å². The molecule has 0 unspecified atom stereocenters. The van der Waals surface area contributed by atoms with Gasteiger partial charge in [0.1, 0.15) is 0 Å². The number of piperidine rings is 1. The lowest BCUT2D eigenvalue weighted by Crippen LogP contribution is -2.48.